The minimum absolute atomic E-state index is 0.169. The molecule has 1 aromatic rings. The summed E-state index contributed by atoms with van der Waals surface area (Å²) in [6, 6.07) is 5.07. The van der Waals surface area contributed by atoms with Crippen LogP contribution >= 0.6 is 11.6 Å². The molecule has 0 fully saturated rings. The normalized spacial score (nSPS) is 12.2. The van der Waals surface area contributed by atoms with E-state index in [2.05, 4.69) is 19.2 Å². The number of nitrogens with one attached hydrogen (secondary N) is 1. The Labute approximate surface area is 101 Å². The lowest BCUT2D eigenvalue weighted by Crippen LogP contribution is -2.28. The van der Waals surface area contributed by atoms with Crippen LogP contribution in [0.5, 0.6) is 0 Å². The Bertz CT molecular complexity index is 379. The lowest BCUT2D eigenvalue weighted by Gasteiger charge is -2.11. The monoisotopic (exact) mass is 240 g/mol. The third-order valence-electron chi connectivity index (χ3n) is 2.58. The van der Waals surface area contributed by atoms with Crippen LogP contribution in [0.2, 0.25) is 5.02 Å². The molecule has 0 radical (unpaired) electrons. The lowest BCUT2D eigenvalue weighted by atomic mass is 10.1. The third kappa shape index (κ3) is 3.14. The van der Waals surface area contributed by atoms with Crippen molar-refractivity contribution in [2.45, 2.75) is 20.3 Å². The Morgan fingerprint density at radius 2 is 2.25 bits per heavy atom. The minimum atomic E-state index is -0.169. The summed E-state index contributed by atoms with van der Waals surface area (Å²) in [7, 11) is 0. The first-order valence-corrected chi connectivity index (χ1v) is 5.76. The SMILES string of the molecule is CCC(C)CNC(=O)c1cccc(N)c1Cl. The summed E-state index contributed by atoms with van der Waals surface area (Å²) in [4.78, 5) is 11.8. The molecular weight excluding hydrogens is 224 g/mol. The molecule has 1 aromatic carbocycles. The highest BCUT2D eigenvalue weighted by molar-refractivity contribution is 6.36. The van der Waals surface area contributed by atoms with Gasteiger partial charge in [-0.1, -0.05) is 37.9 Å². The zero-order chi connectivity index (χ0) is 12.1. The summed E-state index contributed by atoms with van der Waals surface area (Å²) in [5.74, 6) is 0.293. The zero-order valence-corrected chi connectivity index (χ0v) is 10.3. The molecule has 1 amide bonds. The van der Waals surface area contributed by atoms with Gasteiger partial charge in [-0.25, -0.2) is 0 Å². The summed E-state index contributed by atoms with van der Waals surface area (Å²) in [6.45, 7) is 4.83. The number of rotatable bonds is 4. The molecule has 0 spiro atoms. The van der Waals surface area contributed by atoms with Gasteiger partial charge in [0.2, 0.25) is 0 Å². The summed E-state index contributed by atoms with van der Waals surface area (Å²) in [5.41, 5.74) is 6.49. The van der Waals surface area contributed by atoms with E-state index in [1.54, 1.807) is 18.2 Å². The van der Waals surface area contributed by atoms with Gasteiger partial charge in [0.1, 0.15) is 0 Å². The van der Waals surface area contributed by atoms with Crippen molar-refractivity contribution >= 4 is 23.2 Å². The molecule has 3 N–H and O–H groups in total. The molecule has 0 aliphatic rings. The predicted octanol–water partition coefficient (Wildman–Crippen LogP) is 2.70. The van der Waals surface area contributed by atoms with Gasteiger partial charge < -0.3 is 11.1 Å². The smallest absolute Gasteiger partial charge is 0.252 e. The molecule has 0 saturated heterocycles. The van der Waals surface area contributed by atoms with Gasteiger partial charge in [-0.2, -0.15) is 0 Å². The molecule has 0 aliphatic heterocycles. The molecule has 0 aliphatic carbocycles. The van der Waals surface area contributed by atoms with E-state index in [0.29, 0.717) is 28.7 Å². The van der Waals surface area contributed by atoms with Crippen LogP contribution in [0.3, 0.4) is 0 Å². The van der Waals surface area contributed by atoms with E-state index in [1.807, 2.05) is 0 Å². The molecule has 0 saturated carbocycles. The Kier molecular flexibility index (Phi) is 4.62. The van der Waals surface area contributed by atoms with E-state index in [1.165, 1.54) is 0 Å². The van der Waals surface area contributed by atoms with E-state index in [9.17, 15) is 4.79 Å². The van der Waals surface area contributed by atoms with Crippen LogP contribution in [-0.4, -0.2) is 12.5 Å². The molecule has 0 heterocycles. The maximum Gasteiger partial charge on any atom is 0.252 e. The maximum atomic E-state index is 11.8. The van der Waals surface area contributed by atoms with E-state index in [0.717, 1.165) is 6.42 Å². The summed E-state index contributed by atoms with van der Waals surface area (Å²) >= 11 is 5.95. The van der Waals surface area contributed by atoms with E-state index >= 15 is 0 Å². The second-order valence-electron chi connectivity index (χ2n) is 3.93. The number of hydrogen-bond donors (Lipinski definition) is 2. The number of nitrogens with two attached hydrogens (primary N) is 1. The zero-order valence-electron chi connectivity index (χ0n) is 9.59. The fraction of sp³-hybridized carbons (Fsp3) is 0.417. The highest BCUT2D eigenvalue weighted by Crippen LogP contribution is 2.22. The predicted molar refractivity (Wildman–Crippen MR) is 67.7 cm³/mol. The fourth-order valence-corrected chi connectivity index (χ4v) is 1.44. The van der Waals surface area contributed by atoms with E-state index in [4.69, 9.17) is 17.3 Å². The number of benzene rings is 1. The summed E-state index contributed by atoms with van der Waals surface area (Å²) < 4.78 is 0. The van der Waals surface area contributed by atoms with Gasteiger partial charge in [-0.15, -0.1) is 0 Å². The second-order valence-corrected chi connectivity index (χ2v) is 4.31. The third-order valence-corrected chi connectivity index (χ3v) is 3.00. The molecule has 0 bridgehead atoms. The molecule has 3 nitrogen and oxygen atoms in total. The number of carbonyl (C=O) groups excluding carboxylic acids is 1. The van der Waals surface area contributed by atoms with Gasteiger partial charge in [0, 0.05) is 6.54 Å². The molecule has 0 aromatic heterocycles. The Morgan fingerprint density at radius 3 is 2.88 bits per heavy atom. The number of nitrogen functional groups attached to an aromatic ring is 1. The van der Waals surface area contributed by atoms with E-state index in [-0.39, 0.29) is 5.91 Å². The summed E-state index contributed by atoms with van der Waals surface area (Å²) in [6.07, 6.45) is 1.03. The highest BCUT2D eigenvalue weighted by atomic mass is 35.5. The first kappa shape index (κ1) is 12.8. The quantitative estimate of drug-likeness (QED) is 0.795. The molecule has 4 heteroatoms. The van der Waals surface area contributed by atoms with Gasteiger partial charge in [0.15, 0.2) is 0 Å². The average Bonchev–Trinajstić information content (AvgIpc) is 2.29. The van der Waals surface area contributed by atoms with Crippen molar-refractivity contribution in [3.63, 3.8) is 0 Å². The maximum absolute atomic E-state index is 11.8. The van der Waals surface area contributed by atoms with Crippen molar-refractivity contribution in [3.8, 4) is 0 Å². The first-order chi connectivity index (χ1) is 7.56. The van der Waals surface area contributed by atoms with Crippen molar-refractivity contribution in [2.75, 3.05) is 12.3 Å². The lowest BCUT2D eigenvalue weighted by molar-refractivity contribution is 0.0948. The molecular formula is C12H17ClN2O. The fourth-order valence-electron chi connectivity index (χ4n) is 1.23. The molecule has 1 unspecified atom stereocenters. The van der Waals surface area contributed by atoms with Crippen LogP contribution in [0.25, 0.3) is 0 Å². The van der Waals surface area contributed by atoms with Crippen molar-refractivity contribution in [2.24, 2.45) is 5.92 Å². The van der Waals surface area contributed by atoms with Crippen LogP contribution in [0.1, 0.15) is 30.6 Å². The average molecular weight is 241 g/mol. The molecule has 1 rings (SSSR count). The van der Waals surface area contributed by atoms with Crippen LogP contribution in [0, 0.1) is 5.92 Å². The van der Waals surface area contributed by atoms with Crippen LogP contribution in [0.15, 0.2) is 18.2 Å². The van der Waals surface area contributed by atoms with Crippen molar-refractivity contribution in [1.82, 2.24) is 5.32 Å². The standard InChI is InChI=1S/C12H17ClN2O/c1-3-8(2)7-15-12(16)9-5-4-6-10(14)11(9)13/h4-6,8H,3,7,14H2,1-2H3,(H,15,16). The van der Waals surface area contributed by atoms with Gasteiger partial charge in [-0.3, -0.25) is 4.79 Å². The Morgan fingerprint density at radius 1 is 1.56 bits per heavy atom. The topological polar surface area (TPSA) is 55.1 Å². The second kappa shape index (κ2) is 5.75. The molecule has 88 valence electrons. The van der Waals surface area contributed by atoms with Crippen molar-refractivity contribution in [1.29, 1.82) is 0 Å². The summed E-state index contributed by atoms with van der Waals surface area (Å²) in [5, 5.41) is 3.16. The number of halogens is 1. The van der Waals surface area contributed by atoms with Crippen LogP contribution in [-0.2, 0) is 0 Å². The number of anilines is 1. The van der Waals surface area contributed by atoms with Gasteiger partial charge >= 0.3 is 0 Å². The molecule has 16 heavy (non-hydrogen) atoms. The largest absolute Gasteiger partial charge is 0.398 e. The van der Waals surface area contributed by atoms with Gasteiger partial charge in [0.25, 0.3) is 5.91 Å². The van der Waals surface area contributed by atoms with Crippen LogP contribution in [0.4, 0.5) is 5.69 Å². The van der Waals surface area contributed by atoms with Gasteiger partial charge in [-0.05, 0) is 18.1 Å². The van der Waals surface area contributed by atoms with Gasteiger partial charge in [0.05, 0.1) is 16.3 Å². The number of carbonyl (C=O) groups is 1. The van der Waals surface area contributed by atoms with Crippen molar-refractivity contribution in [3.05, 3.63) is 28.8 Å². The van der Waals surface area contributed by atoms with Crippen LogP contribution < -0.4 is 11.1 Å². The Balaban J connectivity index is 2.70. The minimum Gasteiger partial charge on any atom is -0.398 e. The highest BCUT2D eigenvalue weighted by Gasteiger charge is 2.12. The van der Waals surface area contributed by atoms with Crippen molar-refractivity contribution < 1.29 is 4.79 Å². The number of hydrogen-bond acceptors (Lipinski definition) is 2. The van der Waals surface area contributed by atoms with E-state index < -0.39 is 0 Å². The molecule has 1 atom stereocenters. The Hall–Kier alpha value is -1.22. The first-order valence-electron chi connectivity index (χ1n) is 5.38. The number of amides is 1.